The van der Waals surface area contributed by atoms with Crippen molar-refractivity contribution in [3.63, 3.8) is 0 Å². The normalized spacial score (nSPS) is 10.0. The molecule has 0 saturated heterocycles. The average Bonchev–Trinajstić information content (AvgIpc) is 2.53. The molecule has 2 aromatic rings. The molecule has 5 nitrogen and oxygen atoms in total. The molecule has 2 aromatic carbocycles. The Hall–Kier alpha value is -2.82. The van der Waals surface area contributed by atoms with Gasteiger partial charge in [0.15, 0.2) is 0 Å². The average molecular weight is 314 g/mol. The lowest BCUT2D eigenvalue weighted by Gasteiger charge is -2.08. The van der Waals surface area contributed by atoms with Gasteiger partial charge in [0.2, 0.25) is 0 Å². The van der Waals surface area contributed by atoms with E-state index in [-0.39, 0.29) is 25.2 Å². The Balaban J connectivity index is 1.91. The Morgan fingerprint density at radius 3 is 1.35 bits per heavy atom. The molecule has 2 rings (SSSR count). The van der Waals surface area contributed by atoms with E-state index < -0.39 is 0 Å². The lowest BCUT2D eigenvalue weighted by molar-refractivity contribution is -0.143. The molecule has 0 atom stereocenters. The quantitative estimate of drug-likeness (QED) is 0.762. The summed E-state index contributed by atoms with van der Waals surface area (Å²) in [5, 5.41) is 0. The van der Waals surface area contributed by atoms with Crippen LogP contribution in [0, 0.1) is 0 Å². The van der Waals surface area contributed by atoms with Crippen molar-refractivity contribution >= 4 is 11.9 Å². The Labute approximate surface area is 134 Å². The van der Waals surface area contributed by atoms with E-state index in [0.717, 1.165) is 11.1 Å². The number of ether oxygens (including phenoxy) is 3. The minimum Gasteiger partial charge on any atom is -0.461 e. The van der Waals surface area contributed by atoms with Crippen LogP contribution in [0.2, 0.25) is 0 Å². The predicted octanol–water partition coefficient (Wildman–Crippen LogP) is 3.61. The van der Waals surface area contributed by atoms with Gasteiger partial charge >= 0.3 is 11.9 Å². The summed E-state index contributed by atoms with van der Waals surface area (Å²) in [4.78, 5) is 21.5. The molecule has 0 N–H and O–H groups in total. The molecule has 5 heteroatoms. The van der Waals surface area contributed by atoms with Gasteiger partial charge in [0.05, 0.1) is 0 Å². The zero-order chi connectivity index (χ0) is 16.7. The summed E-state index contributed by atoms with van der Waals surface area (Å²) < 4.78 is 15.6. The van der Waals surface area contributed by atoms with Gasteiger partial charge in [-0.05, 0) is 35.4 Å². The highest BCUT2D eigenvalue weighted by Gasteiger charge is 2.01. The summed E-state index contributed by atoms with van der Waals surface area (Å²) in [7, 11) is 0. The molecule has 0 radical (unpaired) electrons. The fourth-order valence-corrected chi connectivity index (χ4v) is 1.81. The zero-order valence-electron chi connectivity index (χ0n) is 13.1. The number of benzene rings is 2. The van der Waals surface area contributed by atoms with Gasteiger partial charge in [-0.15, -0.1) is 0 Å². The maximum atomic E-state index is 10.8. The molecule has 0 aliphatic heterocycles. The molecule has 0 fully saturated rings. The van der Waals surface area contributed by atoms with E-state index in [1.54, 1.807) is 0 Å². The van der Waals surface area contributed by atoms with Crippen LogP contribution in [0.25, 0.3) is 0 Å². The molecule has 0 saturated carbocycles. The molecule has 0 aliphatic carbocycles. The van der Waals surface area contributed by atoms with Crippen LogP contribution >= 0.6 is 0 Å². The van der Waals surface area contributed by atoms with Crippen LogP contribution in [0.15, 0.2) is 48.5 Å². The van der Waals surface area contributed by atoms with Crippen molar-refractivity contribution in [3.05, 3.63) is 59.7 Å². The summed E-state index contributed by atoms with van der Waals surface area (Å²) in [6, 6.07) is 14.6. The maximum Gasteiger partial charge on any atom is 0.302 e. The third kappa shape index (κ3) is 5.82. The molecule has 120 valence electrons. The molecule has 0 spiro atoms. The second-order valence-electron chi connectivity index (χ2n) is 4.95. The third-order valence-electron chi connectivity index (χ3n) is 2.97. The number of rotatable bonds is 6. The monoisotopic (exact) mass is 314 g/mol. The van der Waals surface area contributed by atoms with Gasteiger partial charge in [0, 0.05) is 13.8 Å². The Bertz CT molecular complexity index is 599. The first-order valence-electron chi connectivity index (χ1n) is 7.15. The van der Waals surface area contributed by atoms with E-state index in [1.807, 2.05) is 48.5 Å². The molecular formula is C18H18O5. The van der Waals surface area contributed by atoms with Crippen LogP contribution in [-0.4, -0.2) is 11.9 Å². The molecule has 23 heavy (non-hydrogen) atoms. The van der Waals surface area contributed by atoms with Crippen molar-refractivity contribution in [2.24, 2.45) is 0 Å². The molecular weight excluding hydrogens is 296 g/mol. The largest absolute Gasteiger partial charge is 0.461 e. The lowest BCUT2D eigenvalue weighted by Crippen LogP contribution is -1.98. The smallest absolute Gasteiger partial charge is 0.302 e. The van der Waals surface area contributed by atoms with Gasteiger partial charge in [-0.3, -0.25) is 9.59 Å². The standard InChI is InChI=1S/C18H18O5/c1-13(19)21-11-15-3-7-17(8-4-15)23-18-9-5-16(6-10-18)12-22-14(2)20/h3-10H,11-12H2,1-2H3. The Morgan fingerprint density at radius 2 is 1.04 bits per heavy atom. The van der Waals surface area contributed by atoms with E-state index in [1.165, 1.54) is 13.8 Å². The SMILES string of the molecule is CC(=O)OCc1ccc(Oc2ccc(COC(C)=O)cc2)cc1. The fraction of sp³-hybridized carbons (Fsp3) is 0.222. The first-order valence-corrected chi connectivity index (χ1v) is 7.15. The van der Waals surface area contributed by atoms with E-state index in [2.05, 4.69) is 0 Å². The van der Waals surface area contributed by atoms with Gasteiger partial charge in [-0.25, -0.2) is 0 Å². The molecule has 0 aromatic heterocycles. The van der Waals surface area contributed by atoms with E-state index in [4.69, 9.17) is 14.2 Å². The number of esters is 2. The summed E-state index contributed by atoms with van der Waals surface area (Å²) in [5.74, 6) is 0.756. The maximum absolute atomic E-state index is 10.8. The predicted molar refractivity (Wildman–Crippen MR) is 83.9 cm³/mol. The van der Waals surface area contributed by atoms with Crippen molar-refractivity contribution in [2.75, 3.05) is 0 Å². The summed E-state index contributed by atoms with van der Waals surface area (Å²) in [5.41, 5.74) is 1.79. The van der Waals surface area contributed by atoms with E-state index in [9.17, 15) is 9.59 Å². The highest BCUT2D eigenvalue weighted by Crippen LogP contribution is 2.22. The molecule has 0 heterocycles. The summed E-state index contributed by atoms with van der Waals surface area (Å²) in [6.07, 6.45) is 0. The topological polar surface area (TPSA) is 61.8 Å². The first kappa shape index (κ1) is 16.5. The van der Waals surface area contributed by atoms with Gasteiger partial charge in [-0.2, -0.15) is 0 Å². The number of carbonyl (C=O) groups is 2. The van der Waals surface area contributed by atoms with Crippen LogP contribution < -0.4 is 4.74 Å². The molecule has 0 aliphatic rings. The second-order valence-corrected chi connectivity index (χ2v) is 4.95. The van der Waals surface area contributed by atoms with Crippen molar-refractivity contribution in [2.45, 2.75) is 27.1 Å². The van der Waals surface area contributed by atoms with Crippen LogP contribution in [0.5, 0.6) is 11.5 Å². The molecule has 0 amide bonds. The fourth-order valence-electron chi connectivity index (χ4n) is 1.81. The van der Waals surface area contributed by atoms with Gasteiger partial charge in [0.1, 0.15) is 24.7 Å². The van der Waals surface area contributed by atoms with Crippen molar-refractivity contribution in [1.29, 1.82) is 0 Å². The zero-order valence-corrected chi connectivity index (χ0v) is 13.1. The summed E-state index contributed by atoms with van der Waals surface area (Å²) >= 11 is 0. The summed E-state index contributed by atoms with van der Waals surface area (Å²) in [6.45, 7) is 3.26. The van der Waals surface area contributed by atoms with E-state index in [0.29, 0.717) is 11.5 Å². The highest BCUT2D eigenvalue weighted by atomic mass is 16.5. The van der Waals surface area contributed by atoms with Crippen molar-refractivity contribution in [3.8, 4) is 11.5 Å². The van der Waals surface area contributed by atoms with Gasteiger partial charge in [0.25, 0.3) is 0 Å². The molecule has 0 unspecified atom stereocenters. The first-order chi connectivity index (χ1) is 11.0. The van der Waals surface area contributed by atoms with Crippen LogP contribution in [0.1, 0.15) is 25.0 Å². The van der Waals surface area contributed by atoms with Crippen molar-refractivity contribution < 1.29 is 23.8 Å². The second kappa shape index (κ2) is 7.98. The van der Waals surface area contributed by atoms with Crippen LogP contribution in [-0.2, 0) is 32.3 Å². The molecule has 0 bridgehead atoms. The highest BCUT2D eigenvalue weighted by molar-refractivity contribution is 5.66. The minimum absolute atomic E-state index is 0.250. The lowest BCUT2D eigenvalue weighted by atomic mass is 10.2. The van der Waals surface area contributed by atoms with Gasteiger partial charge in [-0.1, -0.05) is 24.3 Å². The number of carbonyl (C=O) groups excluding carboxylic acids is 2. The van der Waals surface area contributed by atoms with E-state index >= 15 is 0 Å². The minimum atomic E-state index is -0.306. The van der Waals surface area contributed by atoms with Crippen LogP contribution in [0.4, 0.5) is 0 Å². The number of hydrogen-bond acceptors (Lipinski definition) is 5. The Morgan fingerprint density at radius 1 is 0.696 bits per heavy atom. The third-order valence-corrected chi connectivity index (χ3v) is 2.97. The Kier molecular flexibility index (Phi) is 5.74. The van der Waals surface area contributed by atoms with Crippen LogP contribution in [0.3, 0.4) is 0 Å². The van der Waals surface area contributed by atoms with Crippen molar-refractivity contribution in [1.82, 2.24) is 0 Å². The van der Waals surface area contributed by atoms with Gasteiger partial charge < -0.3 is 14.2 Å². The number of hydrogen-bond donors (Lipinski definition) is 0.